The second kappa shape index (κ2) is 3.99. The van der Waals surface area contributed by atoms with E-state index >= 15 is 0 Å². The smallest absolute Gasteiger partial charge is 0.312 e. The molecule has 0 saturated heterocycles. The second-order valence-corrected chi connectivity index (χ2v) is 3.73. The molecule has 6 nitrogen and oxygen atoms in total. The molecule has 6 heteroatoms. The number of rotatable bonds is 3. The summed E-state index contributed by atoms with van der Waals surface area (Å²) >= 11 is 0. The predicted octanol–water partition coefficient (Wildman–Crippen LogP) is 2.11. The summed E-state index contributed by atoms with van der Waals surface area (Å²) in [5.41, 5.74) is 0. The number of aromatic nitrogens is 2. The van der Waals surface area contributed by atoms with E-state index in [2.05, 4.69) is 10.1 Å². The van der Waals surface area contributed by atoms with Crippen LogP contribution < -0.4 is 0 Å². The molecule has 2 heterocycles. The fourth-order valence-corrected chi connectivity index (χ4v) is 1.71. The maximum atomic E-state index is 10.5. The van der Waals surface area contributed by atoms with Gasteiger partial charge in [0.05, 0.1) is 6.26 Å². The van der Waals surface area contributed by atoms with Gasteiger partial charge in [-0.2, -0.15) is 4.98 Å². The van der Waals surface area contributed by atoms with E-state index in [9.17, 15) is 4.79 Å². The second-order valence-electron chi connectivity index (χ2n) is 3.73. The minimum absolute atomic E-state index is 0.0537. The molecule has 0 spiro atoms. The molecule has 0 aliphatic carbocycles. The molecule has 0 unspecified atom stereocenters. The van der Waals surface area contributed by atoms with Crippen LogP contribution in [0, 0.1) is 0 Å². The number of hydrogen-bond donors (Lipinski definition) is 1. The Morgan fingerprint density at radius 2 is 2.17 bits per heavy atom. The van der Waals surface area contributed by atoms with Crippen molar-refractivity contribution >= 4 is 16.7 Å². The number of fused-ring (bicyclic) bond motifs is 1. The van der Waals surface area contributed by atoms with Gasteiger partial charge in [0.15, 0.2) is 5.76 Å². The van der Waals surface area contributed by atoms with E-state index in [0.29, 0.717) is 5.76 Å². The number of carboxylic acid groups (broad SMARTS) is 1. The monoisotopic (exact) mass is 244 g/mol. The molecule has 0 radical (unpaired) electrons. The van der Waals surface area contributed by atoms with E-state index in [1.54, 1.807) is 6.26 Å². The van der Waals surface area contributed by atoms with Crippen LogP contribution in [0.3, 0.4) is 0 Å². The topological polar surface area (TPSA) is 89.4 Å². The lowest BCUT2D eigenvalue weighted by molar-refractivity contribution is -0.136. The molecule has 2 aromatic heterocycles. The summed E-state index contributed by atoms with van der Waals surface area (Å²) in [4.78, 5) is 14.5. The predicted molar refractivity (Wildman–Crippen MR) is 60.8 cm³/mol. The molecule has 18 heavy (non-hydrogen) atoms. The molecule has 0 aliphatic heterocycles. The van der Waals surface area contributed by atoms with Crippen molar-refractivity contribution in [1.82, 2.24) is 10.1 Å². The van der Waals surface area contributed by atoms with E-state index in [-0.39, 0.29) is 18.1 Å². The van der Waals surface area contributed by atoms with Crippen LogP contribution in [0.4, 0.5) is 0 Å². The minimum atomic E-state index is -1.02. The third-order valence-electron chi connectivity index (χ3n) is 2.48. The van der Waals surface area contributed by atoms with E-state index in [0.717, 1.165) is 10.8 Å². The summed E-state index contributed by atoms with van der Waals surface area (Å²) in [7, 11) is 0. The van der Waals surface area contributed by atoms with Crippen LogP contribution in [-0.2, 0) is 11.2 Å². The summed E-state index contributed by atoms with van der Waals surface area (Å²) < 4.78 is 10.2. The maximum Gasteiger partial charge on any atom is 0.312 e. The molecule has 90 valence electrons. The molecule has 0 atom stereocenters. The van der Waals surface area contributed by atoms with E-state index in [1.165, 1.54) is 0 Å². The maximum absolute atomic E-state index is 10.5. The van der Waals surface area contributed by atoms with Gasteiger partial charge in [-0.05, 0) is 0 Å². The summed E-state index contributed by atoms with van der Waals surface area (Å²) in [5.74, 6) is -0.231. The van der Waals surface area contributed by atoms with Crippen LogP contribution in [0.2, 0.25) is 0 Å². The standard InChI is InChI=1S/C12H8N2O4/c15-10(16)5-9-13-12(14-18-9)11-8-4-2-1-3-7(8)6-17-11/h1-4,6H,5H2,(H,15,16). The van der Waals surface area contributed by atoms with E-state index < -0.39 is 5.97 Å². The molecular formula is C12H8N2O4. The van der Waals surface area contributed by atoms with Gasteiger partial charge in [-0.3, -0.25) is 4.79 Å². The van der Waals surface area contributed by atoms with Crippen molar-refractivity contribution in [3.8, 4) is 11.6 Å². The van der Waals surface area contributed by atoms with E-state index in [1.807, 2.05) is 24.3 Å². The first-order chi connectivity index (χ1) is 8.74. The first-order valence-electron chi connectivity index (χ1n) is 5.25. The third-order valence-corrected chi connectivity index (χ3v) is 2.48. The highest BCUT2D eigenvalue weighted by molar-refractivity contribution is 5.92. The highest BCUT2D eigenvalue weighted by Gasteiger charge is 2.16. The molecule has 3 rings (SSSR count). The van der Waals surface area contributed by atoms with Crippen molar-refractivity contribution < 1.29 is 18.8 Å². The fraction of sp³-hybridized carbons (Fsp3) is 0.0833. The minimum Gasteiger partial charge on any atom is -0.481 e. The zero-order valence-electron chi connectivity index (χ0n) is 9.16. The van der Waals surface area contributed by atoms with Crippen molar-refractivity contribution in [2.45, 2.75) is 6.42 Å². The SMILES string of the molecule is O=C(O)Cc1nc(-c2occ3ccccc23)no1. The molecule has 1 N–H and O–H groups in total. The fourth-order valence-electron chi connectivity index (χ4n) is 1.71. The molecular weight excluding hydrogens is 236 g/mol. The average molecular weight is 244 g/mol. The summed E-state index contributed by atoms with van der Waals surface area (Å²) in [6.45, 7) is 0. The number of aliphatic carboxylic acids is 1. The van der Waals surface area contributed by atoms with Crippen molar-refractivity contribution in [1.29, 1.82) is 0 Å². The third kappa shape index (κ3) is 1.73. The largest absolute Gasteiger partial charge is 0.481 e. The number of nitrogens with zero attached hydrogens (tertiary/aromatic N) is 2. The van der Waals surface area contributed by atoms with Crippen LogP contribution in [0.15, 0.2) is 39.5 Å². The van der Waals surface area contributed by atoms with Crippen LogP contribution in [-0.4, -0.2) is 21.2 Å². The molecule has 0 fully saturated rings. The van der Waals surface area contributed by atoms with Gasteiger partial charge in [-0.25, -0.2) is 0 Å². The number of carboxylic acids is 1. The lowest BCUT2D eigenvalue weighted by atomic mass is 10.2. The van der Waals surface area contributed by atoms with Crippen LogP contribution >= 0.6 is 0 Å². The van der Waals surface area contributed by atoms with Crippen molar-refractivity contribution in [2.75, 3.05) is 0 Å². The molecule has 3 aromatic rings. The molecule has 0 saturated carbocycles. The Morgan fingerprint density at radius 3 is 3.00 bits per heavy atom. The van der Waals surface area contributed by atoms with Gasteiger partial charge in [0.2, 0.25) is 11.7 Å². The van der Waals surface area contributed by atoms with Gasteiger partial charge >= 0.3 is 5.97 Å². The number of benzene rings is 1. The number of furan rings is 1. The summed E-state index contributed by atoms with van der Waals surface area (Å²) in [5, 5.41) is 14.1. The molecule has 0 aliphatic rings. The number of hydrogen-bond acceptors (Lipinski definition) is 5. The quantitative estimate of drug-likeness (QED) is 0.758. The van der Waals surface area contributed by atoms with Gasteiger partial charge < -0.3 is 14.0 Å². The van der Waals surface area contributed by atoms with Crippen LogP contribution in [0.25, 0.3) is 22.4 Å². The zero-order chi connectivity index (χ0) is 12.5. The summed E-state index contributed by atoms with van der Waals surface area (Å²) in [6, 6.07) is 7.55. The van der Waals surface area contributed by atoms with E-state index in [4.69, 9.17) is 14.0 Å². The Balaban J connectivity index is 2.04. The Bertz CT molecular complexity index is 714. The molecule has 1 aromatic carbocycles. The van der Waals surface area contributed by atoms with Gasteiger partial charge in [-0.15, -0.1) is 0 Å². The van der Waals surface area contributed by atoms with Gasteiger partial charge in [-0.1, -0.05) is 29.4 Å². The van der Waals surface area contributed by atoms with Gasteiger partial charge in [0, 0.05) is 10.8 Å². The molecule has 0 bridgehead atoms. The highest BCUT2D eigenvalue weighted by Crippen LogP contribution is 2.28. The first-order valence-corrected chi connectivity index (χ1v) is 5.25. The molecule has 0 amide bonds. The summed E-state index contributed by atoms with van der Waals surface area (Å²) in [6.07, 6.45) is 1.30. The zero-order valence-corrected chi connectivity index (χ0v) is 9.16. The van der Waals surface area contributed by atoms with Crippen LogP contribution in [0.5, 0.6) is 0 Å². The van der Waals surface area contributed by atoms with Crippen LogP contribution in [0.1, 0.15) is 5.89 Å². The Hall–Kier alpha value is -2.63. The Labute approximate surface area is 101 Å². The lowest BCUT2D eigenvalue weighted by Crippen LogP contribution is -1.99. The number of carbonyl (C=O) groups is 1. The lowest BCUT2D eigenvalue weighted by Gasteiger charge is -1.89. The normalized spacial score (nSPS) is 10.9. The van der Waals surface area contributed by atoms with Crippen molar-refractivity contribution in [3.63, 3.8) is 0 Å². The van der Waals surface area contributed by atoms with Crippen molar-refractivity contribution in [3.05, 3.63) is 36.4 Å². The Morgan fingerprint density at radius 1 is 1.33 bits per heavy atom. The van der Waals surface area contributed by atoms with Gasteiger partial charge in [0.25, 0.3) is 0 Å². The van der Waals surface area contributed by atoms with Gasteiger partial charge in [0.1, 0.15) is 6.42 Å². The van der Waals surface area contributed by atoms with Crippen molar-refractivity contribution in [2.24, 2.45) is 0 Å². The Kier molecular flexibility index (Phi) is 2.33. The first kappa shape index (κ1) is 10.5. The highest BCUT2D eigenvalue weighted by atomic mass is 16.5. The average Bonchev–Trinajstić information content (AvgIpc) is 2.94.